The van der Waals surface area contributed by atoms with Gasteiger partial charge in [-0.05, 0) is 73.5 Å². The van der Waals surface area contributed by atoms with Crippen LogP contribution in [0, 0.1) is 0 Å². The Bertz CT molecular complexity index is 1180. The molecule has 8 nitrogen and oxygen atoms in total. The third-order valence-corrected chi connectivity index (χ3v) is 6.69. The minimum Gasteiger partial charge on any atom is -0.497 e. The largest absolute Gasteiger partial charge is 0.497 e. The summed E-state index contributed by atoms with van der Waals surface area (Å²) in [5.41, 5.74) is 2.33. The lowest BCUT2D eigenvalue weighted by Crippen LogP contribution is -2.36. The van der Waals surface area contributed by atoms with Crippen LogP contribution in [0.15, 0.2) is 60.7 Å². The van der Waals surface area contributed by atoms with E-state index in [1.807, 2.05) is 48.5 Å². The van der Waals surface area contributed by atoms with Gasteiger partial charge in [-0.3, -0.25) is 0 Å². The summed E-state index contributed by atoms with van der Waals surface area (Å²) >= 11 is 6.74. The van der Waals surface area contributed by atoms with Gasteiger partial charge in [0.05, 0.1) is 19.9 Å². The van der Waals surface area contributed by atoms with Crippen LogP contribution in [0.1, 0.15) is 24.0 Å². The van der Waals surface area contributed by atoms with Crippen LogP contribution in [0.25, 0.3) is 0 Å². The number of methoxy groups -OCH3 is 2. The molecule has 202 valence electrons. The number of nitrogens with one attached hydrogen (secondary N) is 2. The van der Waals surface area contributed by atoms with Gasteiger partial charge in [0, 0.05) is 13.1 Å². The molecule has 2 N–H and O–H groups in total. The van der Waals surface area contributed by atoms with Crippen LogP contribution in [0.3, 0.4) is 0 Å². The number of likely N-dealkylation sites (tertiary alicyclic amines) is 1. The summed E-state index contributed by atoms with van der Waals surface area (Å²) in [5.74, 6) is 2.36. The quantitative estimate of drug-likeness (QED) is 0.306. The van der Waals surface area contributed by atoms with Crippen LogP contribution in [0.4, 0.5) is 10.5 Å². The number of halogens is 1. The van der Waals surface area contributed by atoms with Gasteiger partial charge < -0.3 is 34.5 Å². The monoisotopic (exact) mass is 539 g/mol. The topological polar surface area (TPSA) is 81.3 Å². The number of hydrogen-bond acceptors (Lipinski definition) is 6. The van der Waals surface area contributed by atoms with Gasteiger partial charge in [0.2, 0.25) is 0 Å². The molecule has 1 aliphatic rings. The van der Waals surface area contributed by atoms with Crippen molar-refractivity contribution >= 4 is 23.3 Å². The van der Waals surface area contributed by atoms with Crippen molar-refractivity contribution in [2.45, 2.75) is 26.1 Å². The molecule has 9 heteroatoms. The highest BCUT2D eigenvalue weighted by Gasteiger charge is 2.18. The van der Waals surface area contributed by atoms with E-state index in [1.165, 1.54) is 12.8 Å². The van der Waals surface area contributed by atoms with Gasteiger partial charge in [-0.2, -0.15) is 0 Å². The standard InChI is InChI=1S/C29H34ClN3O5/c1-35-23-9-5-21(6-10-23)19-37-26-14-13-25(32-29(34)31-15-18-33-16-3-4-17-33)27(30)28(26)38-20-22-7-11-24(36-2)12-8-22/h5-14H,3-4,15-20H2,1-2H3,(H2,31,32,34). The zero-order chi connectivity index (χ0) is 26.7. The van der Waals surface area contributed by atoms with Crippen molar-refractivity contribution < 1.29 is 23.7 Å². The average Bonchev–Trinajstić information content (AvgIpc) is 3.47. The Hall–Kier alpha value is -3.62. The summed E-state index contributed by atoms with van der Waals surface area (Å²) in [4.78, 5) is 14.9. The van der Waals surface area contributed by atoms with E-state index in [2.05, 4.69) is 15.5 Å². The fourth-order valence-electron chi connectivity index (χ4n) is 4.14. The Labute approximate surface area is 228 Å². The summed E-state index contributed by atoms with van der Waals surface area (Å²) in [6.45, 7) is 4.13. The predicted molar refractivity (Wildman–Crippen MR) is 149 cm³/mol. The van der Waals surface area contributed by atoms with Crippen LogP contribution in [0.5, 0.6) is 23.0 Å². The molecule has 0 bridgehead atoms. The zero-order valence-corrected chi connectivity index (χ0v) is 22.6. The highest BCUT2D eigenvalue weighted by Crippen LogP contribution is 2.41. The zero-order valence-electron chi connectivity index (χ0n) is 21.8. The molecule has 4 rings (SSSR count). The van der Waals surface area contributed by atoms with Crippen LogP contribution >= 0.6 is 11.6 Å². The number of ether oxygens (including phenoxy) is 4. The Morgan fingerprint density at radius 2 is 1.42 bits per heavy atom. The maximum Gasteiger partial charge on any atom is 0.319 e. The number of urea groups is 1. The minimum atomic E-state index is -0.320. The number of carbonyl (C=O) groups is 1. The molecule has 1 saturated heterocycles. The Kier molecular flexibility index (Phi) is 9.95. The average molecular weight is 540 g/mol. The molecule has 1 aliphatic heterocycles. The first-order valence-corrected chi connectivity index (χ1v) is 13.0. The number of nitrogens with zero attached hydrogens (tertiary/aromatic N) is 1. The number of hydrogen-bond donors (Lipinski definition) is 2. The fourth-order valence-corrected chi connectivity index (χ4v) is 4.40. The molecule has 0 aliphatic carbocycles. The highest BCUT2D eigenvalue weighted by atomic mass is 35.5. The van der Waals surface area contributed by atoms with Crippen molar-refractivity contribution in [3.63, 3.8) is 0 Å². The van der Waals surface area contributed by atoms with E-state index in [9.17, 15) is 4.79 Å². The number of rotatable bonds is 12. The van der Waals surface area contributed by atoms with E-state index in [0.717, 1.165) is 42.3 Å². The lowest BCUT2D eigenvalue weighted by Gasteiger charge is -2.18. The third kappa shape index (κ3) is 7.69. The molecule has 0 atom stereocenters. The second-order valence-corrected chi connectivity index (χ2v) is 9.34. The summed E-state index contributed by atoms with van der Waals surface area (Å²) < 4.78 is 22.7. The van der Waals surface area contributed by atoms with E-state index in [0.29, 0.717) is 30.3 Å². The van der Waals surface area contributed by atoms with Gasteiger partial charge in [-0.25, -0.2) is 4.79 Å². The van der Waals surface area contributed by atoms with E-state index < -0.39 is 0 Å². The van der Waals surface area contributed by atoms with Crippen LogP contribution < -0.4 is 29.6 Å². The molecule has 0 radical (unpaired) electrons. The normalized spacial score (nSPS) is 13.1. The van der Waals surface area contributed by atoms with Gasteiger partial charge in [0.15, 0.2) is 11.5 Å². The van der Waals surface area contributed by atoms with E-state index >= 15 is 0 Å². The van der Waals surface area contributed by atoms with E-state index in [4.69, 9.17) is 30.5 Å². The number of anilines is 1. The lowest BCUT2D eigenvalue weighted by molar-refractivity contribution is 0.249. The van der Waals surface area contributed by atoms with Crippen molar-refractivity contribution in [3.8, 4) is 23.0 Å². The maximum absolute atomic E-state index is 12.5. The van der Waals surface area contributed by atoms with Crippen molar-refractivity contribution in [3.05, 3.63) is 76.8 Å². The third-order valence-electron chi connectivity index (χ3n) is 6.32. The van der Waals surface area contributed by atoms with Crippen LogP contribution in [-0.2, 0) is 13.2 Å². The van der Waals surface area contributed by atoms with Crippen molar-refractivity contribution in [2.75, 3.05) is 45.7 Å². The molecule has 1 fully saturated rings. The molecule has 0 spiro atoms. The van der Waals surface area contributed by atoms with Gasteiger partial charge in [-0.1, -0.05) is 35.9 Å². The Balaban J connectivity index is 1.45. The molecule has 38 heavy (non-hydrogen) atoms. The van der Waals surface area contributed by atoms with Gasteiger partial charge >= 0.3 is 6.03 Å². The van der Waals surface area contributed by atoms with Gasteiger partial charge in [-0.15, -0.1) is 0 Å². The van der Waals surface area contributed by atoms with Crippen molar-refractivity contribution in [1.29, 1.82) is 0 Å². The molecule has 3 aromatic rings. The molecule has 2 amide bonds. The molecule has 0 aromatic heterocycles. The summed E-state index contributed by atoms with van der Waals surface area (Å²) in [6, 6.07) is 18.3. The van der Waals surface area contributed by atoms with Crippen molar-refractivity contribution in [2.24, 2.45) is 0 Å². The molecular formula is C29H34ClN3O5. The number of amides is 2. The SMILES string of the molecule is COc1ccc(COc2ccc(NC(=O)NCCN3CCCC3)c(Cl)c2OCc2ccc(OC)cc2)cc1. The molecule has 3 aromatic carbocycles. The molecular weight excluding hydrogens is 506 g/mol. The molecule has 0 unspecified atom stereocenters. The number of carbonyl (C=O) groups excluding carboxylic acids is 1. The minimum absolute atomic E-state index is 0.258. The predicted octanol–water partition coefficient (Wildman–Crippen LogP) is 5.73. The van der Waals surface area contributed by atoms with Crippen LogP contribution in [0.2, 0.25) is 5.02 Å². The molecule has 0 saturated carbocycles. The summed E-state index contributed by atoms with van der Waals surface area (Å²) in [5, 5.41) is 6.00. The van der Waals surface area contributed by atoms with Crippen LogP contribution in [-0.4, -0.2) is 51.3 Å². The summed E-state index contributed by atoms with van der Waals surface area (Å²) in [6.07, 6.45) is 2.43. The van der Waals surface area contributed by atoms with E-state index in [-0.39, 0.29) is 17.7 Å². The molecule has 1 heterocycles. The van der Waals surface area contributed by atoms with Gasteiger partial charge in [0.1, 0.15) is 29.7 Å². The Morgan fingerprint density at radius 3 is 2.00 bits per heavy atom. The summed E-state index contributed by atoms with van der Waals surface area (Å²) in [7, 11) is 3.25. The Morgan fingerprint density at radius 1 is 0.842 bits per heavy atom. The first-order chi connectivity index (χ1) is 18.6. The number of benzene rings is 3. The second-order valence-electron chi connectivity index (χ2n) is 8.96. The highest BCUT2D eigenvalue weighted by molar-refractivity contribution is 6.35. The smallest absolute Gasteiger partial charge is 0.319 e. The fraction of sp³-hybridized carbons (Fsp3) is 0.345. The lowest BCUT2D eigenvalue weighted by atomic mass is 10.2. The van der Waals surface area contributed by atoms with Crippen molar-refractivity contribution in [1.82, 2.24) is 10.2 Å². The first-order valence-electron chi connectivity index (χ1n) is 12.7. The second kappa shape index (κ2) is 13.8. The first kappa shape index (κ1) is 27.4. The van der Waals surface area contributed by atoms with Gasteiger partial charge in [0.25, 0.3) is 0 Å². The van der Waals surface area contributed by atoms with E-state index in [1.54, 1.807) is 26.4 Å². The maximum atomic E-state index is 12.5.